The van der Waals surface area contributed by atoms with Gasteiger partial charge in [-0.2, -0.15) is 0 Å². The minimum atomic E-state index is -1.32. The van der Waals surface area contributed by atoms with E-state index in [1.54, 1.807) is 0 Å². The Morgan fingerprint density at radius 3 is 2.47 bits per heavy atom. The zero-order chi connectivity index (χ0) is 14.3. The Labute approximate surface area is 116 Å². The van der Waals surface area contributed by atoms with Crippen LogP contribution in [0.2, 0.25) is 0 Å². The van der Waals surface area contributed by atoms with Crippen molar-refractivity contribution in [3.8, 4) is 0 Å². The van der Waals surface area contributed by atoms with Gasteiger partial charge in [-0.15, -0.1) is 0 Å². The molecule has 0 saturated carbocycles. The maximum atomic E-state index is 12.0. The summed E-state index contributed by atoms with van der Waals surface area (Å²) in [5, 5.41) is 8.40. The van der Waals surface area contributed by atoms with Crippen molar-refractivity contribution in [3.05, 3.63) is 35.9 Å². The van der Waals surface area contributed by atoms with Crippen LogP contribution in [0.1, 0.15) is 12.0 Å². The smallest absolute Gasteiger partial charge is 0.319 e. The van der Waals surface area contributed by atoms with Gasteiger partial charge in [0.1, 0.15) is 5.25 Å². The maximum absolute atomic E-state index is 12.0. The van der Waals surface area contributed by atoms with Gasteiger partial charge in [0.05, 0.1) is 0 Å². The predicted molar refractivity (Wildman–Crippen MR) is 77.8 cm³/mol. The van der Waals surface area contributed by atoms with Gasteiger partial charge in [0.15, 0.2) is 0 Å². The summed E-state index contributed by atoms with van der Waals surface area (Å²) in [5.74, 6) is -0.563. The molecule has 0 aliphatic carbocycles. The third-order valence-corrected chi connectivity index (χ3v) is 4.53. The third kappa shape index (κ3) is 5.98. The summed E-state index contributed by atoms with van der Waals surface area (Å²) >= 11 is 0. The molecule has 4 nitrogen and oxygen atoms in total. The Morgan fingerprint density at radius 2 is 1.95 bits per heavy atom. The van der Waals surface area contributed by atoms with Crippen LogP contribution < -0.4 is 0 Å². The van der Waals surface area contributed by atoms with Crippen LogP contribution in [0.5, 0.6) is 0 Å². The van der Waals surface area contributed by atoms with Gasteiger partial charge in [0.2, 0.25) is 0 Å². The van der Waals surface area contributed by atoms with Crippen LogP contribution in [-0.2, 0) is 22.0 Å². The first kappa shape index (κ1) is 15.9. The molecular weight excluding hydrogens is 262 g/mol. The van der Waals surface area contributed by atoms with E-state index >= 15 is 0 Å². The highest BCUT2D eigenvalue weighted by molar-refractivity contribution is 7.86. The van der Waals surface area contributed by atoms with Gasteiger partial charge < -0.3 is 10.0 Å². The van der Waals surface area contributed by atoms with E-state index < -0.39 is 22.0 Å². The molecule has 0 saturated heterocycles. The first-order chi connectivity index (χ1) is 9.00. The lowest BCUT2D eigenvalue weighted by atomic mass is 10.1. The van der Waals surface area contributed by atoms with E-state index in [1.807, 2.05) is 49.3 Å². The number of nitrogens with zero attached hydrogens (tertiary/aromatic N) is 1. The molecule has 1 N–H and O–H groups in total. The molecule has 0 fully saturated rings. The van der Waals surface area contributed by atoms with E-state index in [2.05, 4.69) is 0 Å². The average Bonchev–Trinajstić information content (AvgIpc) is 2.37. The molecular formula is C14H21NO3S. The number of aliphatic carboxylic acids is 1. The zero-order valence-corrected chi connectivity index (χ0v) is 12.2. The summed E-state index contributed by atoms with van der Waals surface area (Å²) in [6.45, 7) is 0.641. The second-order valence-corrected chi connectivity index (χ2v) is 6.48. The minimum absolute atomic E-state index is 0.402. The molecule has 0 aliphatic heterocycles. The SMILES string of the molecule is CN(C)CCS(=O)C(CCc1ccccc1)C(=O)O. The Hall–Kier alpha value is -1.20. The highest BCUT2D eigenvalue weighted by atomic mass is 32.2. The zero-order valence-electron chi connectivity index (χ0n) is 11.4. The average molecular weight is 283 g/mol. The van der Waals surface area contributed by atoms with Gasteiger partial charge in [-0.05, 0) is 32.5 Å². The molecule has 1 aromatic carbocycles. The highest BCUT2D eigenvalue weighted by Crippen LogP contribution is 2.10. The molecule has 0 spiro atoms. The summed E-state index contributed by atoms with van der Waals surface area (Å²) in [4.78, 5) is 13.1. The van der Waals surface area contributed by atoms with Crippen LogP contribution in [0.25, 0.3) is 0 Å². The molecule has 106 valence electrons. The van der Waals surface area contributed by atoms with Gasteiger partial charge in [-0.1, -0.05) is 30.3 Å². The summed E-state index contributed by atoms with van der Waals surface area (Å²) < 4.78 is 12.0. The van der Waals surface area contributed by atoms with Crippen LogP contribution in [0.15, 0.2) is 30.3 Å². The minimum Gasteiger partial charge on any atom is -0.480 e. The normalized spacial score (nSPS) is 14.3. The van der Waals surface area contributed by atoms with E-state index in [4.69, 9.17) is 0 Å². The second-order valence-electron chi connectivity index (χ2n) is 4.74. The monoisotopic (exact) mass is 283 g/mol. The molecule has 2 atom stereocenters. The largest absolute Gasteiger partial charge is 0.480 e. The number of carboxylic acids is 1. The van der Waals surface area contributed by atoms with Crippen molar-refractivity contribution in [1.29, 1.82) is 0 Å². The first-order valence-electron chi connectivity index (χ1n) is 6.29. The molecule has 5 heteroatoms. The fraction of sp³-hybridized carbons (Fsp3) is 0.500. The Kier molecular flexibility index (Phi) is 6.73. The molecule has 0 bridgehead atoms. The van der Waals surface area contributed by atoms with Crippen molar-refractivity contribution in [2.45, 2.75) is 18.1 Å². The summed E-state index contributed by atoms with van der Waals surface area (Å²) in [6, 6.07) is 9.69. The van der Waals surface area contributed by atoms with Gasteiger partial charge in [-0.3, -0.25) is 9.00 Å². The molecule has 0 aromatic heterocycles. The molecule has 1 aromatic rings. The van der Waals surface area contributed by atoms with Crippen molar-refractivity contribution in [3.63, 3.8) is 0 Å². The Morgan fingerprint density at radius 1 is 1.32 bits per heavy atom. The van der Waals surface area contributed by atoms with E-state index in [1.165, 1.54) is 0 Å². The highest BCUT2D eigenvalue weighted by Gasteiger charge is 2.24. The van der Waals surface area contributed by atoms with Crippen LogP contribution >= 0.6 is 0 Å². The molecule has 0 aliphatic rings. The number of carbonyl (C=O) groups is 1. The summed E-state index contributed by atoms with van der Waals surface area (Å²) in [7, 11) is 2.45. The Balaban J connectivity index is 2.53. The molecule has 0 radical (unpaired) electrons. The topological polar surface area (TPSA) is 57.6 Å². The predicted octanol–water partition coefficient (Wildman–Crippen LogP) is 1.38. The van der Waals surface area contributed by atoms with Gasteiger partial charge in [-0.25, -0.2) is 0 Å². The van der Waals surface area contributed by atoms with Crippen molar-refractivity contribution < 1.29 is 14.1 Å². The number of rotatable bonds is 8. The number of hydrogen-bond donors (Lipinski definition) is 1. The van der Waals surface area contributed by atoms with Crippen LogP contribution in [0.3, 0.4) is 0 Å². The number of benzene rings is 1. The van der Waals surface area contributed by atoms with Crippen LogP contribution in [-0.4, -0.2) is 51.8 Å². The summed E-state index contributed by atoms with van der Waals surface area (Å²) in [5.41, 5.74) is 1.08. The van der Waals surface area contributed by atoms with E-state index in [-0.39, 0.29) is 0 Å². The van der Waals surface area contributed by atoms with E-state index in [0.717, 1.165) is 5.56 Å². The van der Waals surface area contributed by atoms with Crippen LogP contribution in [0.4, 0.5) is 0 Å². The van der Waals surface area contributed by atoms with Gasteiger partial charge >= 0.3 is 5.97 Å². The lowest BCUT2D eigenvalue weighted by Gasteiger charge is -2.14. The number of hydrogen-bond acceptors (Lipinski definition) is 3. The second kappa shape index (κ2) is 8.07. The van der Waals surface area contributed by atoms with Crippen molar-refractivity contribution in [2.24, 2.45) is 0 Å². The lowest BCUT2D eigenvalue weighted by Crippen LogP contribution is -2.31. The molecule has 0 amide bonds. The number of carboxylic acid groups (broad SMARTS) is 1. The maximum Gasteiger partial charge on any atom is 0.319 e. The van der Waals surface area contributed by atoms with E-state index in [9.17, 15) is 14.1 Å². The van der Waals surface area contributed by atoms with E-state index in [0.29, 0.717) is 25.1 Å². The molecule has 19 heavy (non-hydrogen) atoms. The molecule has 0 heterocycles. The lowest BCUT2D eigenvalue weighted by molar-refractivity contribution is -0.136. The molecule has 1 rings (SSSR count). The fourth-order valence-corrected chi connectivity index (χ4v) is 3.16. The van der Waals surface area contributed by atoms with Gasteiger partial charge in [0.25, 0.3) is 0 Å². The number of aryl methyl sites for hydroxylation is 1. The third-order valence-electron chi connectivity index (χ3n) is 2.87. The van der Waals surface area contributed by atoms with Crippen molar-refractivity contribution in [1.82, 2.24) is 4.90 Å². The first-order valence-corrected chi connectivity index (χ1v) is 7.67. The van der Waals surface area contributed by atoms with Crippen molar-refractivity contribution >= 4 is 16.8 Å². The van der Waals surface area contributed by atoms with Crippen molar-refractivity contribution in [2.75, 3.05) is 26.4 Å². The van der Waals surface area contributed by atoms with Gasteiger partial charge in [0, 0.05) is 23.1 Å². The molecule has 2 unspecified atom stereocenters. The van der Waals surface area contributed by atoms with Crippen LogP contribution in [0, 0.1) is 0 Å². The standard InChI is InChI=1S/C14H21NO3S/c1-15(2)10-11-19(18)13(14(16)17)9-8-12-6-4-3-5-7-12/h3-7,13H,8-11H2,1-2H3,(H,16,17). The fourth-order valence-electron chi connectivity index (χ4n) is 1.72. The quantitative estimate of drug-likeness (QED) is 0.783. The summed E-state index contributed by atoms with van der Waals surface area (Å²) in [6.07, 6.45) is 1.06. The Bertz CT molecular complexity index is 420.